The van der Waals surface area contributed by atoms with E-state index >= 15 is 0 Å². The Morgan fingerprint density at radius 1 is 1.35 bits per heavy atom. The topological polar surface area (TPSA) is 85.6 Å². The minimum absolute atomic E-state index is 0.0165. The van der Waals surface area contributed by atoms with E-state index in [2.05, 4.69) is 14.9 Å². The highest BCUT2D eigenvalue weighted by molar-refractivity contribution is 7.89. The third-order valence-corrected chi connectivity index (χ3v) is 4.19. The summed E-state index contributed by atoms with van der Waals surface area (Å²) in [6.07, 6.45) is 3.23. The summed E-state index contributed by atoms with van der Waals surface area (Å²) in [4.78, 5) is 0. The smallest absolute Gasteiger partial charge is 0.213 e. The number of nitrogens with one attached hydrogen (secondary N) is 1. The third-order valence-electron chi connectivity index (χ3n) is 2.84. The number of pyridine rings is 1. The Kier molecular flexibility index (Phi) is 5.05. The maximum atomic E-state index is 11.5. The lowest BCUT2D eigenvalue weighted by atomic mass is 10.3. The van der Waals surface area contributed by atoms with Crippen LogP contribution in [-0.4, -0.2) is 49.0 Å². The Hall–Kier alpha value is -1.51. The molecule has 0 aromatic carbocycles. The Balaban J connectivity index is 1.82. The summed E-state index contributed by atoms with van der Waals surface area (Å²) in [6, 6.07) is 5.69. The molecule has 20 heavy (non-hydrogen) atoms. The second kappa shape index (κ2) is 6.78. The Bertz CT molecular complexity index is 654. The van der Waals surface area contributed by atoms with Gasteiger partial charge in [0.15, 0.2) is 5.65 Å². The fourth-order valence-corrected chi connectivity index (χ4v) is 2.79. The maximum absolute atomic E-state index is 11.5. The van der Waals surface area contributed by atoms with E-state index in [1.807, 2.05) is 28.8 Å². The molecule has 0 unspecified atom stereocenters. The van der Waals surface area contributed by atoms with Crippen molar-refractivity contribution in [2.24, 2.45) is 0 Å². The first-order valence-electron chi connectivity index (χ1n) is 6.37. The number of aromatic nitrogens is 3. The van der Waals surface area contributed by atoms with Crippen molar-refractivity contribution in [1.82, 2.24) is 19.3 Å². The molecule has 2 rings (SSSR count). The molecule has 0 aliphatic rings. The van der Waals surface area contributed by atoms with Crippen LogP contribution in [0.4, 0.5) is 0 Å². The van der Waals surface area contributed by atoms with Crippen molar-refractivity contribution in [3.8, 4) is 0 Å². The van der Waals surface area contributed by atoms with E-state index in [1.54, 1.807) is 0 Å². The molecular weight excluding hydrogens is 280 g/mol. The molecule has 0 aliphatic heterocycles. The van der Waals surface area contributed by atoms with Gasteiger partial charge in [-0.05, 0) is 18.6 Å². The maximum Gasteiger partial charge on any atom is 0.213 e. The standard InChI is InChI=1S/C12H18N4O3S/c1-19-9-10-20(17,18)13-7-4-6-12-15-14-11-5-2-3-8-16(11)12/h2-3,5,8,13H,4,6-7,9-10H2,1H3. The van der Waals surface area contributed by atoms with Crippen molar-refractivity contribution >= 4 is 15.7 Å². The van der Waals surface area contributed by atoms with Crippen LogP contribution in [0.2, 0.25) is 0 Å². The van der Waals surface area contributed by atoms with Crippen LogP contribution in [0.1, 0.15) is 12.2 Å². The number of methoxy groups -OCH3 is 1. The van der Waals surface area contributed by atoms with Crippen molar-refractivity contribution in [3.05, 3.63) is 30.2 Å². The minimum Gasteiger partial charge on any atom is -0.384 e. The molecule has 7 nitrogen and oxygen atoms in total. The molecule has 2 heterocycles. The van der Waals surface area contributed by atoms with Crippen molar-refractivity contribution in [2.75, 3.05) is 26.0 Å². The number of ether oxygens (including phenoxy) is 1. The molecule has 8 heteroatoms. The van der Waals surface area contributed by atoms with Crippen LogP contribution >= 0.6 is 0 Å². The van der Waals surface area contributed by atoms with E-state index in [0.717, 1.165) is 11.5 Å². The van der Waals surface area contributed by atoms with Gasteiger partial charge < -0.3 is 4.74 Å². The zero-order chi connectivity index (χ0) is 14.4. The minimum atomic E-state index is -3.25. The molecule has 2 aromatic rings. The van der Waals surface area contributed by atoms with Gasteiger partial charge in [0.1, 0.15) is 5.82 Å². The van der Waals surface area contributed by atoms with E-state index in [0.29, 0.717) is 19.4 Å². The first kappa shape index (κ1) is 14.9. The Labute approximate surface area is 118 Å². The van der Waals surface area contributed by atoms with Crippen molar-refractivity contribution in [1.29, 1.82) is 0 Å². The fourth-order valence-electron chi connectivity index (χ4n) is 1.80. The molecule has 0 amide bonds. The van der Waals surface area contributed by atoms with Gasteiger partial charge >= 0.3 is 0 Å². The zero-order valence-electron chi connectivity index (χ0n) is 11.3. The number of fused-ring (bicyclic) bond motifs is 1. The van der Waals surface area contributed by atoms with Gasteiger partial charge in [0.25, 0.3) is 0 Å². The van der Waals surface area contributed by atoms with Gasteiger partial charge in [-0.1, -0.05) is 6.07 Å². The highest BCUT2D eigenvalue weighted by atomic mass is 32.2. The van der Waals surface area contributed by atoms with Gasteiger partial charge in [0.2, 0.25) is 10.0 Å². The summed E-state index contributed by atoms with van der Waals surface area (Å²) in [6.45, 7) is 0.581. The van der Waals surface area contributed by atoms with Crippen molar-refractivity contribution in [2.45, 2.75) is 12.8 Å². The quantitative estimate of drug-likeness (QED) is 0.705. The van der Waals surface area contributed by atoms with Crippen LogP contribution in [-0.2, 0) is 21.2 Å². The van der Waals surface area contributed by atoms with Crippen LogP contribution in [0.15, 0.2) is 24.4 Å². The lowest BCUT2D eigenvalue weighted by Gasteiger charge is -2.05. The summed E-state index contributed by atoms with van der Waals surface area (Å²) < 4.78 is 32.3. The number of aryl methyl sites for hydroxylation is 1. The number of hydrogen-bond donors (Lipinski definition) is 1. The monoisotopic (exact) mass is 298 g/mol. The van der Waals surface area contributed by atoms with Crippen molar-refractivity contribution in [3.63, 3.8) is 0 Å². The molecule has 0 saturated heterocycles. The summed E-state index contributed by atoms with van der Waals surface area (Å²) in [5.41, 5.74) is 0.795. The largest absolute Gasteiger partial charge is 0.384 e. The van der Waals surface area contributed by atoms with E-state index in [4.69, 9.17) is 4.74 Å². The van der Waals surface area contributed by atoms with Gasteiger partial charge in [-0.3, -0.25) is 4.40 Å². The Morgan fingerprint density at radius 3 is 3.00 bits per heavy atom. The average molecular weight is 298 g/mol. The van der Waals surface area contributed by atoms with E-state index in [-0.39, 0.29) is 12.4 Å². The van der Waals surface area contributed by atoms with E-state index < -0.39 is 10.0 Å². The van der Waals surface area contributed by atoms with Gasteiger partial charge in [-0.2, -0.15) is 0 Å². The summed E-state index contributed by atoms with van der Waals surface area (Å²) in [5, 5.41) is 8.14. The molecule has 0 spiro atoms. The Morgan fingerprint density at radius 2 is 2.20 bits per heavy atom. The van der Waals surface area contributed by atoms with Crippen LogP contribution < -0.4 is 4.72 Å². The van der Waals surface area contributed by atoms with Gasteiger partial charge in [-0.15, -0.1) is 10.2 Å². The molecule has 0 saturated carbocycles. The van der Waals surface area contributed by atoms with E-state index in [9.17, 15) is 8.42 Å². The number of sulfonamides is 1. The number of nitrogens with zero attached hydrogens (tertiary/aromatic N) is 3. The van der Waals surface area contributed by atoms with Crippen LogP contribution in [0.3, 0.4) is 0 Å². The third kappa shape index (κ3) is 3.99. The molecule has 0 bridgehead atoms. The van der Waals surface area contributed by atoms with Gasteiger partial charge in [0.05, 0.1) is 12.4 Å². The lowest BCUT2D eigenvalue weighted by Crippen LogP contribution is -2.29. The van der Waals surface area contributed by atoms with Crippen LogP contribution in [0.5, 0.6) is 0 Å². The normalized spacial score (nSPS) is 12.1. The molecule has 1 N–H and O–H groups in total. The number of hydrogen-bond acceptors (Lipinski definition) is 5. The first-order valence-corrected chi connectivity index (χ1v) is 8.02. The molecule has 0 aliphatic carbocycles. The molecule has 0 fully saturated rings. The van der Waals surface area contributed by atoms with E-state index in [1.165, 1.54) is 7.11 Å². The predicted molar refractivity (Wildman–Crippen MR) is 75.0 cm³/mol. The predicted octanol–water partition coefficient (Wildman–Crippen LogP) is 0.228. The molecule has 2 aromatic heterocycles. The van der Waals surface area contributed by atoms with Crippen LogP contribution in [0, 0.1) is 0 Å². The number of rotatable bonds is 8. The second-order valence-corrected chi connectivity index (χ2v) is 6.28. The van der Waals surface area contributed by atoms with Crippen molar-refractivity contribution < 1.29 is 13.2 Å². The molecule has 110 valence electrons. The molecule has 0 radical (unpaired) electrons. The summed E-state index contributed by atoms with van der Waals surface area (Å²) in [5.74, 6) is 0.814. The fraction of sp³-hybridized carbons (Fsp3) is 0.500. The molecule has 0 atom stereocenters. The van der Waals surface area contributed by atoms with Gasteiger partial charge in [0, 0.05) is 26.3 Å². The summed E-state index contributed by atoms with van der Waals surface area (Å²) >= 11 is 0. The van der Waals surface area contributed by atoms with Gasteiger partial charge in [-0.25, -0.2) is 13.1 Å². The highest BCUT2D eigenvalue weighted by Gasteiger charge is 2.09. The molecular formula is C12H18N4O3S. The highest BCUT2D eigenvalue weighted by Crippen LogP contribution is 2.04. The second-order valence-electron chi connectivity index (χ2n) is 4.35. The first-order chi connectivity index (χ1) is 9.62. The van der Waals surface area contributed by atoms with Crippen LogP contribution in [0.25, 0.3) is 5.65 Å². The zero-order valence-corrected chi connectivity index (χ0v) is 12.1. The summed E-state index contributed by atoms with van der Waals surface area (Å²) in [7, 11) is -1.77. The average Bonchev–Trinajstić information content (AvgIpc) is 2.85. The SMILES string of the molecule is COCCS(=O)(=O)NCCCc1nnc2ccccn12. The lowest BCUT2D eigenvalue weighted by molar-refractivity contribution is 0.217.